The maximum atomic E-state index is 14.6. The average Bonchev–Trinajstić information content (AvgIpc) is 3.72. The van der Waals surface area contributed by atoms with Crippen LogP contribution in [0.25, 0.3) is 0 Å². The predicted molar refractivity (Wildman–Crippen MR) is 177 cm³/mol. The molecule has 0 unspecified atom stereocenters. The standard InChI is InChI=1S/C36H42ClN3O7/c1-3-5-17-29(42)38-23-28(24-13-7-6-8-14-24)46-35(45)30-27-18-19-36(47-27)31(30)33(43)40(21-11-12-22-41)32(36)34(44)39(20-4-2)26-16-10-9-15-25(26)37/h3-4,6-10,13-16,27-28,30-32,41H,1-2,5,11-12,17-23H2,(H,38,42)/t27-,28+,30+,31+,32-,36+/m1/s1. The van der Waals surface area contributed by atoms with Gasteiger partial charge >= 0.3 is 5.97 Å². The summed E-state index contributed by atoms with van der Waals surface area (Å²) >= 11 is 6.54. The monoisotopic (exact) mass is 663 g/mol. The van der Waals surface area contributed by atoms with Crippen molar-refractivity contribution >= 4 is 41.0 Å². The van der Waals surface area contributed by atoms with E-state index in [2.05, 4.69) is 18.5 Å². The average molecular weight is 664 g/mol. The van der Waals surface area contributed by atoms with Gasteiger partial charge in [0.05, 0.1) is 35.2 Å². The Kier molecular flexibility index (Phi) is 11.2. The highest BCUT2D eigenvalue weighted by atomic mass is 35.5. The van der Waals surface area contributed by atoms with Crippen LogP contribution in [-0.4, -0.2) is 77.7 Å². The van der Waals surface area contributed by atoms with E-state index in [4.69, 9.17) is 21.1 Å². The number of hydrogen-bond donors (Lipinski definition) is 2. The van der Waals surface area contributed by atoms with Crippen molar-refractivity contribution in [2.75, 3.05) is 31.1 Å². The lowest BCUT2D eigenvalue weighted by molar-refractivity contribution is -0.160. The Bertz CT molecular complexity index is 1490. The first kappa shape index (κ1) is 34.3. The molecule has 6 atom stereocenters. The summed E-state index contributed by atoms with van der Waals surface area (Å²) in [5.41, 5.74) is -0.0743. The van der Waals surface area contributed by atoms with Crippen LogP contribution in [-0.2, 0) is 28.7 Å². The highest BCUT2D eigenvalue weighted by molar-refractivity contribution is 6.34. The molecular weight excluding hydrogens is 622 g/mol. The van der Waals surface area contributed by atoms with Gasteiger partial charge in [0.1, 0.15) is 17.7 Å². The highest BCUT2D eigenvalue weighted by Crippen LogP contribution is 2.59. The molecule has 2 aromatic rings. The number of benzene rings is 2. The van der Waals surface area contributed by atoms with Crippen LogP contribution in [0.1, 0.15) is 50.2 Å². The summed E-state index contributed by atoms with van der Waals surface area (Å²) in [6, 6.07) is 15.1. The number of rotatable bonds is 16. The van der Waals surface area contributed by atoms with Crippen molar-refractivity contribution < 1.29 is 33.8 Å². The van der Waals surface area contributed by atoms with Crippen LogP contribution in [0.2, 0.25) is 5.02 Å². The number of esters is 1. The number of aliphatic hydroxyl groups is 1. The number of likely N-dealkylation sites (tertiary alicyclic amines) is 1. The van der Waals surface area contributed by atoms with E-state index in [1.807, 2.05) is 30.3 Å². The summed E-state index contributed by atoms with van der Waals surface area (Å²) in [5, 5.41) is 12.7. The minimum Gasteiger partial charge on any atom is -0.455 e. The molecule has 3 fully saturated rings. The maximum absolute atomic E-state index is 14.6. The molecule has 0 aliphatic carbocycles. The fourth-order valence-corrected chi connectivity index (χ4v) is 7.47. The maximum Gasteiger partial charge on any atom is 0.313 e. The molecular formula is C36H42ClN3O7. The number of carbonyl (C=O) groups is 4. The first-order valence-electron chi connectivity index (χ1n) is 16.2. The molecule has 47 heavy (non-hydrogen) atoms. The molecule has 0 aromatic heterocycles. The molecule has 3 aliphatic rings. The molecule has 0 saturated carbocycles. The van der Waals surface area contributed by atoms with Crippen LogP contribution in [0.3, 0.4) is 0 Å². The van der Waals surface area contributed by atoms with Gasteiger partial charge in [0.2, 0.25) is 11.8 Å². The zero-order chi connectivity index (χ0) is 33.6. The van der Waals surface area contributed by atoms with E-state index in [1.165, 1.54) is 9.80 Å². The third-order valence-corrected chi connectivity index (χ3v) is 9.64. The predicted octanol–water partition coefficient (Wildman–Crippen LogP) is 4.37. The minimum absolute atomic E-state index is 0.0521. The zero-order valence-corrected chi connectivity index (χ0v) is 27.1. The third-order valence-electron chi connectivity index (χ3n) is 9.32. The lowest BCUT2D eigenvalue weighted by atomic mass is 9.70. The quantitative estimate of drug-likeness (QED) is 0.155. The third kappa shape index (κ3) is 6.86. The summed E-state index contributed by atoms with van der Waals surface area (Å²) in [6.45, 7) is 7.83. The zero-order valence-electron chi connectivity index (χ0n) is 26.4. The van der Waals surface area contributed by atoms with E-state index >= 15 is 0 Å². The van der Waals surface area contributed by atoms with Crippen molar-refractivity contribution in [2.45, 2.75) is 62.4 Å². The minimum atomic E-state index is -1.25. The van der Waals surface area contributed by atoms with Crippen LogP contribution >= 0.6 is 11.6 Å². The molecule has 1 spiro atoms. The number of anilines is 1. The first-order chi connectivity index (χ1) is 22.8. The molecule has 11 heteroatoms. The summed E-state index contributed by atoms with van der Waals surface area (Å²) in [4.78, 5) is 58.5. The number of halogens is 1. The van der Waals surface area contributed by atoms with Crippen molar-refractivity contribution in [3.8, 4) is 0 Å². The number of aliphatic hydroxyl groups excluding tert-OH is 1. The smallest absolute Gasteiger partial charge is 0.313 e. The molecule has 3 saturated heterocycles. The van der Waals surface area contributed by atoms with Crippen molar-refractivity contribution in [3.05, 3.63) is 90.5 Å². The van der Waals surface area contributed by atoms with Gasteiger partial charge in [-0.25, -0.2) is 0 Å². The van der Waals surface area contributed by atoms with Gasteiger partial charge in [-0.3, -0.25) is 19.2 Å². The SMILES string of the molecule is C=CCCC(=O)NC[C@H](OC(=O)[C@@H]1[C@H]2C(=O)N(CCCCO)[C@H](C(=O)N(CC=C)c3ccccc3Cl)[C@]23CC[C@H]1O3)c1ccccc1. The van der Waals surface area contributed by atoms with Crippen molar-refractivity contribution in [2.24, 2.45) is 11.8 Å². The van der Waals surface area contributed by atoms with Crippen molar-refractivity contribution in [1.29, 1.82) is 0 Å². The fraction of sp³-hybridized carbons (Fsp3) is 0.444. The molecule has 10 nitrogen and oxygen atoms in total. The summed E-state index contributed by atoms with van der Waals surface area (Å²) in [5.74, 6) is -3.41. The molecule has 3 aliphatic heterocycles. The van der Waals surface area contributed by atoms with Gasteiger partial charge in [0.15, 0.2) is 0 Å². The number of ether oxygens (including phenoxy) is 2. The van der Waals surface area contributed by atoms with E-state index in [0.29, 0.717) is 48.4 Å². The summed E-state index contributed by atoms with van der Waals surface area (Å²) in [7, 11) is 0. The van der Waals surface area contributed by atoms with E-state index < -0.39 is 41.7 Å². The Morgan fingerprint density at radius 1 is 1.13 bits per heavy atom. The van der Waals surface area contributed by atoms with E-state index in [1.54, 1.807) is 36.4 Å². The molecule has 5 rings (SSSR count). The van der Waals surface area contributed by atoms with Crippen LogP contribution in [0.4, 0.5) is 5.69 Å². The topological polar surface area (TPSA) is 125 Å². The number of unbranched alkanes of at least 4 members (excludes halogenated alkanes) is 1. The molecule has 3 amide bonds. The Balaban J connectivity index is 1.45. The number of fused-ring (bicyclic) bond motifs is 1. The molecule has 2 bridgehead atoms. The second-order valence-corrected chi connectivity index (χ2v) is 12.6. The largest absolute Gasteiger partial charge is 0.455 e. The number of carbonyl (C=O) groups excluding carboxylic acids is 4. The molecule has 2 aromatic carbocycles. The number of nitrogens with one attached hydrogen (secondary N) is 1. The molecule has 0 radical (unpaired) electrons. The molecule has 2 N–H and O–H groups in total. The highest BCUT2D eigenvalue weighted by Gasteiger charge is 2.75. The van der Waals surface area contributed by atoms with Gasteiger partial charge in [-0.2, -0.15) is 0 Å². The van der Waals surface area contributed by atoms with E-state index in [-0.39, 0.29) is 50.4 Å². The second-order valence-electron chi connectivity index (χ2n) is 12.2. The fourth-order valence-electron chi connectivity index (χ4n) is 7.23. The lowest BCUT2D eigenvalue weighted by Crippen LogP contribution is -2.56. The Hall–Kier alpha value is -3.99. The summed E-state index contributed by atoms with van der Waals surface area (Å²) < 4.78 is 12.7. The number of hydrogen-bond acceptors (Lipinski definition) is 7. The van der Waals surface area contributed by atoms with Gasteiger partial charge in [-0.05, 0) is 49.8 Å². The van der Waals surface area contributed by atoms with Crippen molar-refractivity contribution in [1.82, 2.24) is 10.2 Å². The Morgan fingerprint density at radius 3 is 2.57 bits per heavy atom. The lowest BCUT2D eigenvalue weighted by Gasteiger charge is -2.37. The van der Waals surface area contributed by atoms with Gasteiger partial charge in [-0.1, -0.05) is 66.2 Å². The molecule has 3 heterocycles. The van der Waals surface area contributed by atoms with Crippen LogP contribution in [0.5, 0.6) is 0 Å². The van der Waals surface area contributed by atoms with E-state index in [0.717, 1.165) is 0 Å². The summed E-state index contributed by atoms with van der Waals surface area (Å²) in [6.07, 6.45) is 4.40. The van der Waals surface area contributed by atoms with Crippen molar-refractivity contribution in [3.63, 3.8) is 0 Å². The number of amides is 3. The number of para-hydroxylation sites is 1. The number of nitrogens with zero attached hydrogens (tertiary/aromatic N) is 2. The van der Waals surface area contributed by atoms with E-state index in [9.17, 15) is 24.3 Å². The first-order valence-corrected chi connectivity index (χ1v) is 16.5. The normalized spacial score (nSPS) is 24.8. The van der Waals surface area contributed by atoms with Gasteiger partial charge in [0.25, 0.3) is 5.91 Å². The number of allylic oxidation sites excluding steroid dienone is 1. The van der Waals surface area contributed by atoms with Crippen LogP contribution in [0, 0.1) is 11.8 Å². The second kappa shape index (κ2) is 15.3. The van der Waals surface area contributed by atoms with Crippen LogP contribution in [0.15, 0.2) is 79.9 Å². The van der Waals surface area contributed by atoms with Crippen LogP contribution < -0.4 is 10.2 Å². The van der Waals surface area contributed by atoms with Gasteiger partial charge in [0, 0.05) is 26.1 Å². The molecule has 250 valence electrons. The van der Waals surface area contributed by atoms with Gasteiger partial charge < -0.3 is 29.7 Å². The Morgan fingerprint density at radius 2 is 1.87 bits per heavy atom. The Labute approximate surface area is 280 Å². The van der Waals surface area contributed by atoms with Gasteiger partial charge in [-0.15, -0.1) is 13.2 Å².